The molecule has 4 aliphatic carbocycles. The van der Waals surface area contributed by atoms with Crippen molar-refractivity contribution in [2.45, 2.75) is 126 Å². The molecule has 0 radical (unpaired) electrons. The summed E-state index contributed by atoms with van der Waals surface area (Å²) in [5.74, 6) is 1.69. The van der Waals surface area contributed by atoms with Gasteiger partial charge >= 0.3 is 23.9 Å². The second kappa shape index (κ2) is 21.7. The molecule has 5 heterocycles. The van der Waals surface area contributed by atoms with Crippen LogP contribution in [0.3, 0.4) is 0 Å². The summed E-state index contributed by atoms with van der Waals surface area (Å²) in [7, 11) is 0. The third-order valence-corrected chi connectivity index (χ3v) is 19.3. The Morgan fingerprint density at radius 3 is 0.645 bits per heavy atom. The Balaban J connectivity index is 0.815. The number of para-hydroxylation sites is 4. The molecule has 12 atom stereocenters. The SMILES string of the molecule is O=C(Oc1ccccc1)C1CCC2C3NC(NC4NC(NC5NC(NC6NC(N3)C3CC(C(=O)Oc7ccccc7)CCC63)C3CC(C(=O)Oc6ccccc6)CCC53)C3CC(C(=O)Oc5ccccc5)CCC43)C2C1. The molecule has 9 fully saturated rings. The van der Waals surface area contributed by atoms with Crippen LogP contribution < -0.4 is 61.5 Å². The molecule has 76 heavy (non-hydrogen) atoms. The maximum atomic E-state index is 14.0. The van der Waals surface area contributed by atoms with Crippen molar-refractivity contribution in [1.29, 1.82) is 0 Å². The van der Waals surface area contributed by atoms with E-state index in [4.69, 9.17) is 18.9 Å². The van der Waals surface area contributed by atoms with Gasteiger partial charge in [0.1, 0.15) is 23.0 Å². The number of nitrogens with one attached hydrogen (secondary N) is 8. The molecular weight excluding hydrogens is 961 g/mol. The van der Waals surface area contributed by atoms with Crippen molar-refractivity contribution in [3.8, 4) is 23.0 Å². The van der Waals surface area contributed by atoms with Crippen LogP contribution in [0.2, 0.25) is 0 Å². The second-order valence-corrected chi connectivity index (χ2v) is 23.4. The number of hydrogen-bond acceptors (Lipinski definition) is 16. The van der Waals surface area contributed by atoms with Crippen LogP contribution in [0.25, 0.3) is 0 Å². The van der Waals surface area contributed by atoms with Crippen LogP contribution in [-0.2, 0) is 19.2 Å². The lowest BCUT2D eigenvalue weighted by atomic mass is 9.71. The van der Waals surface area contributed by atoms with Crippen LogP contribution in [-0.4, -0.2) is 73.2 Å². The molecule has 16 heteroatoms. The standard InChI is InChI=1S/C60H72N8O8/c69-57(73-37-13-5-1-6-14-37)33-21-25-41-45(29-33)53-61-49(41)66-54-47-31-35(59(71)75-39-17-9-3-10-18-39)23-27-43(47)51(63-54)68-56-48-32-36(60(72)76-40-19-11-4-12-20-40)24-28-44(48)52(64-56)67-55-46-30-34(22-26-42(46)50(62-55)65-53)58(70)74-38-15-7-2-8-16-38/h1-20,33-36,41-56,61-68H,21-32H2. The summed E-state index contributed by atoms with van der Waals surface area (Å²) in [4.78, 5) is 55.9. The summed E-state index contributed by atoms with van der Waals surface area (Å²) in [5.41, 5.74) is 0. The smallest absolute Gasteiger partial charge is 0.314 e. The maximum Gasteiger partial charge on any atom is 0.314 e. The monoisotopic (exact) mass is 1030 g/mol. The van der Waals surface area contributed by atoms with E-state index in [9.17, 15) is 19.2 Å². The molecule has 0 spiro atoms. The van der Waals surface area contributed by atoms with Gasteiger partial charge in [0, 0.05) is 0 Å². The van der Waals surface area contributed by atoms with Gasteiger partial charge in [0.2, 0.25) is 0 Å². The van der Waals surface area contributed by atoms with Crippen LogP contribution in [0, 0.1) is 71.0 Å². The van der Waals surface area contributed by atoms with Gasteiger partial charge in [-0.1, -0.05) is 72.8 Å². The van der Waals surface area contributed by atoms with Gasteiger partial charge < -0.3 is 18.9 Å². The molecule has 4 saturated carbocycles. The van der Waals surface area contributed by atoms with Crippen LogP contribution >= 0.6 is 0 Å². The van der Waals surface area contributed by atoms with Crippen molar-refractivity contribution in [1.82, 2.24) is 42.5 Å². The lowest BCUT2D eigenvalue weighted by molar-refractivity contribution is -0.142. The molecule has 13 rings (SSSR count). The first kappa shape index (κ1) is 50.0. The minimum atomic E-state index is -0.257. The highest BCUT2D eigenvalue weighted by atomic mass is 16.5. The first-order valence-electron chi connectivity index (χ1n) is 28.4. The molecule has 5 aliphatic heterocycles. The lowest BCUT2D eigenvalue weighted by Crippen LogP contribution is -2.61. The summed E-state index contributed by atoms with van der Waals surface area (Å²) in [5, 5.41) is 33.0. The largest absolute Gasteiger partial charge is 0.426 e. The van der Waals surface area contributed by atoms with E-state index in [2.05, 4.69) is 42.5 Å². The third-order valence-electron chi connectivity index (χ3n) is 19.3. The Bertz CT molecular complexity index is 2330. The maximum absolute atomic E-state index is 14.0. The van der Waals surface area contributed by atoms with Crippen LogP contribution in [0.4, 0.5) is 0 Å². The topological polar surface area (TPSA) is 201 Å². The molecule has 0 aromatic heterocycles. The Morgan fingerprint density at radius 1 is 0.263 bits per heavy atom. The number of hydrogen-bond donors (Lipinski definition) is 8. The Kier molecular flexibility index (Phi) is 14.3. The van der Waals surface area contributed by atoms with Crippen LogP contribution in [0.1, 0.15) is 77.0 Å². The second-order valence-electron chi connectivity index (χ2n) is 23.4. The van der Waals surface area contributed by atoms with Crippen LogP contribution in [0.15, 0.2) is 121 Å². The lowest BCUT2D eigenvalue weighted by Gasteiger charge is -2.38. The molecule has 5 saturated heterocycles. The molecule has 4 aromatic rings. The first-order chi connectivity index (χ1) is 37.2. The van der Waals surface area contributed by atoms with Gasteiger partial charge in [0.05, 0.1) is 73.0 Å². The fourth-order valence-electron chi connectivity index (χ4n) is 15.6. The number of carbonyl (C=O) groups excluding carboxylic acids is 4. The third kappa shape index (κ3) is 10.2. The fraction of sp³-hybridized carbons (Fsp3) is 0.533. The first-order valence-corrected chi connectivity index (χ1v) is 28.4. The van der Waals surface area contributed by atoms with E-state index in [1.165, 1.54) is 0 Å². The van der Waals surface area contributed by atoms with Gasteiger partial charge in [0.25, 0.3) is 0 Å². The van der Waals surface area contributed by atoms with Gasteiger partial charge in [-0.15, -0.1) is 0 Å². The molecular formula is C60H72N8O8. The predicted octanol–water partition coefficient (Wildman–Crippen LogP) is 5.93. The van der Waals surface area contributed by atoms with Gasteiger partial charge in [-0.2, -0.15) is 0 Å². The molecule has 8 bridgehead atoms. The highest BCUT2D eigenvalue weighted by molar-refractivity contribution is 5.77. The number of esters is 4. The molecule has 9 aliphatic rings. The Hall–Kier alpha value is -5.56. The van der Waals surface area contributed by atoms with E-state index in [0.717, 1.165) is 51.4 Å². The van der Waals surface area contributed by atoms with E-state index in [0.29, 0.717) is 48.7 Å². The summed E-state index contributed by atoms with van der Waals surface area (Å²) in [6.07, 6.45) is 7.94. The molecule has 0 amide bonds. The van der Waals surface area contributed by atoms with Gasteiger partial charge in [-0.05, 0) is 173 Å². The molecule has 4 aromatic carbocycles. The number of carbonyl (C=O) groups is 4. The van der Waals surface area contributed by atoms with E-state index in [-0.39, 0.29) is 144 Å². The Morgan fingerprint density at radius 2 is 0.447 bits per heavy atom. The van der Waals surface area contributed by atoms with E-state index in [1.54, 1.807) is 0 Å². The van der Waals surface area contributed by atoms with E-state index in [1.807, 2.05) is 121 Å². The average Bonchev–Trinajstić information content (AvgIpc) is 4.20. The van der Waals surface area contributed by atoms with Crippen molar-refractivity contribution >= 4 is 23.9 Å². The average molecular weight is 1030 g/mol. The van der Waals surface area contributed by atoms with Crippen molar-refractivity contribution in [3.05, 3.63) is 121 Å². The number of benzene rings is 4. The number of rotatable bonds is 8. The zero-order chi connectivity index (χ0) is 51.3. The van der Waals surface area contributed by atoms with E-state index >= 15 is 0 Å². The van der Waals surface area contributed by atoms with Crippen molar-refractivity contribution in [3.63, 3.8) is 0 Å². The van der Waals surface area contributed by atoms with Crippen molar-refractivity contribution in [2.24, 2.45) is 71.0 Å². The van der Waals surface area contributed by atoms with Crippen molar-refractivity contribution in [2.75, 3.05) is 0 Å². The number of fused-ring (bicyclic) bond motifs is 20. The molecule has 12 unspecified atom stereocenters. The van der Waals surface area contributed by atoms with Gasteiger partial charge in [-0.3, -0.25) is 61.7 Å². The summed E-state index contributed by atoms with van der Waals surface area (Å²) in [6, 6.07) is 37.5. The minimum absolute atomic E-state index is 0.0993. The highest BCUT2D eigenvalue weighted by Gasteiger charge is 2.57. The highest BCUT2D eigenvalue weighted by Crippen LogP contribution is 2.49. The quantitative estimate of drug-likeness (QED) is 0.0762. The summed E-state index contributed by atoms with van der Waals surface area (Å²) >= 11 is 0. The predicted molar refractivity (Wildman–Crippen MR) is 281 cm³/mol. The summed E-state index contributed by atoms with van der Waals surface area (Å²) < 4.78 is 24.0. The van der Waals surface area contributed by atoms with Crippen LogP contribution in [0.5, 0.6) is 23.0 Å². The van der Waals surface area contributed by atoms with Gasteiger partial charge in [-0.25, -0.2) is 0 Å². The van der Waals surface area contributed by atoms with Crippen molar-refractivity contribution < 1.29 is 38.1 Å². The molecule has 400 valence electrons. The Labute approximate surface area is 444 Å². The molecule has 8 N–H and O–H groups in total. The summed E-state index contributed by atoms with van der Waals surface area (Å²) in [6.45, 7) is 0. The zero-order valence-electron chi connectivity index (χ0n) is 42.8. The normalized spacial score (nSPS) is 39.3. The zero-order valence-corrected chi connectivity index (χ0v) is 42.8. The fourth-order valence-corrected chi connectivity index (χ4v) is 15.6. The van der Waals surface area contributed by atoms with Gasteiger partial charge in [0.15, 0.2) is 0 Å². The number of ether oxygens (including phenoxy) is 4. The minimum Gasteiger partial charge on any atom is -0.426 e. The van der Waals surface area contributed by atoms with E-state index < -0.39 is 0 Å². The molecule has 16 nitrogen and oxygen atoms in total.